The van der Waals surface area contributed by atoms with Crippen LogP contribution >= 0.6 is 11.6 Å². The number of aromatic nitrogens is 3. The minimum absolute atomic E-state index is 0.338. The van der Waals surface area contributed by atoms with E-state index in [0.717, 1.165) is 37.7 Å². The lowest BCUT2D eigenvalue weighted by Gasteiger charge is -2.08. The van der Waals surface area contributed by atoms with Crippen molar-refractivity contribution in [3.05, 3.63) is 35.0 Å². The molecule has 19 heavy (non-hydrogen) atoms. The van der Waals surface area contributed by atoms with E-state index < -0.39 is 0 Å². The third-order valence-electron chi connectivity index (χ3n) is 2.98. The average Bonchev–Trinajstić information content (AvgIpc) is 2.82. The number of nitrogens with zero attached hydrogens (tertiary/aromatic N) is 3. The molecule has 0 aliphatic carbocycles. The highest BCUT2D eigenvalue weighted by atomic mass is 35.5. The van der Waals surface area contributed by atoms with Crippen LogP contribution in [0.1, 0.15) is 36.7 Å². The fraction of sp³-hybridized carbons (Fsp3) is 0.357. The quantitative estimate of drug-likeness (QED) is 0.599. The van der Waals surface area contributed by atoms with Crippen LogP contribution < -0.4 is 0 Å². The second-order valence-corrected chi connectivity index (χ2v) is 4.76. The number of halogens is 1. The molecule has 0 unspecified atom stereocenters. The molecule has 0 spiro atoms. The zero-order valence-corrected chi connectivity index (χ0v) is 11.6. The van der Waals surface area contributed by atoms with Crippen LogP contribution in [-0.2, 0) is 6.54 Å². The van der Waals surface area contributed by atoms with Crippen LogP contribution in [0.4, 0.5) is 0 Å². The number of carbonyl (C=O) groups excluding carboxylic acids is 1. The third-order valence-corrected chi connectivity index (χ3v) is 3.30. The molecule has 1 heterocycles. The summed E-state index contributed by atoms with van der Waals surface area (Å²) >= 11 is 6.19. The van der Waals surface area contributed by atoms with Gasteiger partial charge in [0.1, 0.15) is 5.69 Å². The molecule has 1 aromatic carbocycles. The summed E-state index contributed by atoms with van der Waals surface area (Å²) in [5, 5.41) is 8.57. The molecule has 2 rings (SSSR count). The summed E-state index contributed by atoms with van der Waals surface area (Å²) in [6.45, 7) is 2.89. The van der Waals surface area contributed by atoms with Crippen molar-refractivity contribution in [2.75, 3.05) is 0 Å². The van der Waals surface area contributed by atoms with Crippen LogP contribution in [0, 0.1) is 0 Å². The van der Waals surface area contributed by atoms with Crippen molar-refractivity contribution in [2.24, 2.45) is 0 Å². The summed E-state index contributed by atoms with van der Waals surface area (Å²) in [6.07, 6.45) is 3.99. The Balaban J connectivity index is 2.39. The number of hydrogen-bond donors (Lipinski definition) is 0. The van der Waals surface area contributed by atoms with E-state index in [4.69, 9.17) is 11.6 Å². The van der Waals surface area contributed by atoms with Crippen LogP contribution in [0.25, 0.3) is 11.3 Å². The Bertz CT molecular complexity index is 566. The van der Waals surface area contributed by atoms with Crippen molar-refractivity contribution in [1.29, 1.82) is 0 Å². The van der Waals surface area contributed by atoms with Gasteiger partial charge in [0, 0.05) is 12.1 Å². The second-order valence-electron chi connectivity index (χ2n) is 4.35. The first-order valence-corrected chi connectivity index (χ1v) is 6.79. The molecular weight excluding hydrogens is 262 g/mol. The number of rotatable bonds is 6. The lowest BCUT2D eigenvalue weighted by Crippen LogP contribution is -2.03. The van der Waals surface area contributed by atoms with Gasteiger partial charge in [-0.2, -0.15) is 0 Å². The molecule has 0 aliphatic heterocycles. The van der Waals surface area contributed by atoms with Crippen LogP contribution in [0.15, 0.2) is 24.3 Å². The van der Waals surface area contributed by atoms with Gasteiger partial charge in [-0.05, 0) is 12.5 Å². The Morgan fingerprint density at radius 1 is 1.32 bits per heavy atom. The Morgan fingerprint density at radius 3 is 2.79 bits per heavy atom. The van der Waals surface area contributed by atoms with Crippen LogP contribution in [0.2, 0.25) is 5.02 Å². The number of unbranched alkanes of at least 4 members (excludes halogenated alkanes) is 2. The number of carbonyl (C=O) groups is 1. The standard InChI is InChI=1S/C14H16ClN3O/c1-2-3-6-9-18-14(13(10-19)16-17-18)11-7-4-5-8-12(11)15/h4-5,7-8,10H,2-3,6,9H2,1H3. The molecule has 0 atom stereocenters. The fourth-order valence-corrected chi connectivity index (χ4v) is 2.23. The lowest BCUT2D eigenvalue weighted by atomic mass is 10.1. The summed E-state index contributed by atoms with van der Waals surface area (Å²) in [4.78, 5) is 11.1. The number of aldehydes is 1. The molecule has 2 aromatic rings. The number of aryl methyl sites for hydroxylation is 1. The van der Waals surface area contributed by atoms with E-state index in [2.05, 4.69) is 17.2 Å². The van der Waals surface area contributed by atoms with E-state index in [1.807, 2.05) is 18.2 Å². The van der Waals surface area contributed by atoms with Crippen LogP contribution in [-0.4, -0.2) is 21.3 Å². The molecule has 0 N–H and O–H groups in total. The van der Waals surface area contributed by atoms with E-state index in [-0.39, 0.29) is 0 Å². The molecule has 0 radical (unpaired) electrons. The van der Waals surface area contributed by atoms with Gasteiger partial charge in [-0.25, -0.2) is 4.68 Å². The van der Waals surface area contributed by atoms with E-state index >= 15 is 0 Å². The van der Waals surface area contributed by atoms with Gasteiger partial charge >= 0.3 is 0 Å². The summed E-state index contributed by atoms with van der Waals surface area (Å²) in [5.41, 5.74) is 1.84. The maximum absolute atomic E-state index is 11.1. The van der Waals surface area contributed by atoms with Crippen molar-refractivity contribution < 1.29 is 4.79 Å². The van der Waals surface area contributed by atoms with Gasteiger partial charge < -0.3 is 0 Å². The molecule has 0 saturated carbocycles. The van der Waals surface area contributed by atoms with E-state index in [1.165, 1.54) is 0 Å². The second kappa shape index (κ2) is 6.48. The molecule has 0 saturated heterocycles. The van der Waals surface area contributed by atoms with E-state index in [9.17, 15) is 4.79 Å². The third kappa shape index (κ3) is 3.01. The van der Waals surface area contributed by atoms with E-state index in [0.29, 0.717) is 16.4 Å². The molecule has 0 fully saturated rings. The zero-order valence-electron chi connectivity index (χ0n) is 10.8. The molecule has 0 amide bonds. The van der Waals surface area contributed by atoms with Gasteiger partial charge in [0.15, 0.2) is 12.0 Å². The predicted octanol–water partition coefficient (Wildman–Crippen LogP) is 3.60. The first-order chi connectivity index (χ1) is 9.27. The lowest BCUT2D eigenvalue weighted by molar-refractivity contribution is 0.111. The SMILES string of the molecule is CCCCCn1nnc(C=O)c1-c1ccccc1Cl. The van der Waals surface area contributed by atoms with Gasteiger partial charge in [-0.1, -0.05) is 54.8 Å². The smallest absolute Gasteiger partial charge is 0.172 e. The fourth-order valence-electron chi connectivity index (χ4n) is 2.00. The van der Waals surface area contributed by atoms with Crippen molar-refractivity contribution in [2.45, 2.75) is 32.7 Å². The normalized spacial score (nSPS) is 10.6. The summed E-state index contributed by atoms with van der Waals surface area (Å²) < 4.78 is 1.76. The minimum atomic E-state index is 0.338. The average molecular weight is 278 g/mol. The summed E-state index contributed by atoms with van der Waals surface area (Å²) in [6, 6.07) is 7.43. The Morgan fingerprint density at radius 2 is 2.11 bits per heavy atom. The van der Waals surface area contributed by atoms with Crippen molar-refractivity contribution in [3.8, 4) is 11.3 Å². The van der Waals surface area contributed by atoms with Gasteiger partial charge in [0.05, 0.1) is 5.02 Å². The maximum atomic E-state index is 11.1. The first kappa shape index (κ1) is 13.7. The Kier molecular flexibility index (Phi) is 4.68. The molecule has 100 valence electrons. The Hall–Kier alpha value is -1.68. The van der Waals surface area contributed by atoms with Gasteiger partial charge in [0.2, 0.25) is 0 Å². The summed E-state index contributed by atoms with van der Waals surface area (Å²) in [7, 11) is 0. The Labute approximate surface area is 117 Å². The van der Waals surface area contributed by atoms with Crippen molar-refractivity contribution >= 4 is 17.9 Å². The number of benzene rings is 1. The van der Waals surface area contributed by atoms with E-state index in [1.54, 1.807) is 10.7 Å². The minimum Gasteiger partial charge on any atom is -0.296 e. The topological polar surface area (TPSA) is 47.8 Å². The zero-order chi connectivity index (χ0) is 13.7. The maximum Gasteiger partial charge on any atom is 0.172 e. The van der Waals surface area contributed by atoms with Crippen molar-refractivity contribution in [1.82, 2.24) is 15.0 Å². The molecule has 0 aliphatic rings. The summed E-state index contributed by atoms with van der Waals surface area (Å²) in [5.74, 6) is 0. The molecular formula is C14H16ClN3O. The highest BCUT2D eigenvalue weighted by Crippen LogP contribution is 2.29. The highest BCUT2D eigenvalue weighted by molar-refractivity contribution is 6.33. The van der Waals surface area contributed by atoms with Gasteiger partial charge in [-0.3, -0.25) is 4.79 Å². The highest BCUT2D eigenvalue weighted by Gasteiger charge is 2.16. The molecule has 4 nitrogen and oxygen atoms in total. The van der Waals surface area contributed by atoms with Gasteiger partial charge in [0.25, 0.3) is 0 Å². The predicted molar refractivity (Wildman–Crippen MR) is 75.4 cm³/mol. The van der Waals surface area contributed by atoms with Crippen LogP contribution in [0.5, 0.6) is 0 Å². The molecule has 0 bridgehead atoms. The van der Waals surface area contributed by atoms with Crippen molar-refractivity contribution in [3.63, 3.8) is 0 Å². The number of hydrogen-bond acceptors (Lipinski definition) is 3. The largest absolute Gasteiger partial charge is 0.296 e. The van der Waals surface area contributed by atoms with Gasteiger partial charge in [-0.15, -0.1) is 5.10 Å². The first-order valence-electron chi connectivity index (χ1n) is 6.41. The monoisotopic (exact) mass is 277 g/mol. The van der Waals surface area contributed by atoms with Crippen LogP contribution in [0.3, 0.4) is 0 Å². The molecule has 1 aromatic heterocycles. The molecule has 5 heteroatoms.